The van der Waals surface area contributed by atoms with Crippen molar-refractivity contribution in [2.45, 2.75) is 44.8 Å². The molecule has 2 atom stereocenters. The van der Waals surface area contributed by atoms with E-state index >= 15 is 0 Å². The quantitative estimate of drug-likeness (QED) is 0.851. The molecule has 7 heteroatoms. The highest BCUT2D eigenvalue weighted by Gasteiger charge is 2.32. The number of carbonyl (C=O) groups excluding carboxylic acids is 1. The number of morpholine rings is 1. The highest BCUT2D eigenvalue weighted by atomic mass is 32.2. The van der Waals surface area contributed by atoms with Crippen LogP contribution in [-0.4, -0.2) is 43.9 Å². The Hall–Kier alpha value is -2.22. The molecular formula is C21H26N2O4S. The molecule has 0 bridgehead atoms. The van der Waals surface area contributed by atoms with E-state index in [1.165, 1.54) is 16.4 Å². The zero-order valence-electron chi connectivity index (χ0n) is 16.6. The molecule has 0 aromatic heterocycles. The molecule has 2 unspecified atom stereocenters. The maximum absolute atomic E-state index is 12.9. The highest BCUT2D eigenvalue weighted by Crippen LogP contribution is 2.23. The fourth-order valence-corrected chi connectivity index (χ4v) is 4.97. The van der Waals surface area contributed by atoms with Crippen molar-refractivity contribution in [2.75, 3.05) is 18.4 Å². The molecule has 3 rings (SSSR count). The van der Waals surface area contributed by atoms with Crippen LogP contribution in [0, 0.1) is 13.8 Å². The molecule has 2 aromatic rings. The summed E-state index contributed by atoms with van der Waals surface area (Å²) in [5.41, 5.74) is 3.12. The minimum Gasteiger partial charge on any atom is -0.373 e. The van der Waals surface area contributed by atoms with Gasteiger partial charge in [0, 0.05) is 24.3 Å². The average molecular weight is 403 g/mol. The number of aryl methyl sites for hydroxylation is 1. The van der Waals surface area contributed by atoms with Gasteiger partial charge in [0.25, 0.3) is 5.91 Å². The standard InChI is InChI=1S/C21H26N2O4S/c1-14-6-5-7-20(17(14)4)21(24)22-18-8-10-19(11-9-18)28(25,26)23-12-15(2)27-16(3)13-23/h5-11,15-16H,12-13H2,1-4H3,(H,22,24). The number of hydrogen-bond acceptors (Lipinski definition) is 4. The zero-order valence-corrected chi connectivity index (χ0v) is 17.4. The third kappa shape index (κ3) is 4.27. The summed E-state index contributed by atoms with van der Waals surface area (Å²) in [5, 5.41) is 2.83. The van der Waals surface area contributed by atoms with Gasteiger partial charge in [0.05, 0.1) is 17.1 Å². The van der Waals surface area contributed by atoms with Crippen LogP contribution in [0.25, 0.3) is 0 Å². The Balaban J connectivity index is 1.76. The van der Waals surface area contributed by atoms with Crippen LogP contribution in [0.5, 0.6) is 0 Å². The van der Waals surface area contributed by atoms with Crippen molar-refractivity contribution in [1.82, 2.24) is 4.31 Å². The summed E-state index contributed by atoms with van der Waals surface area (Å²) < 4.78 is 32.9. The molecule has 1 saturated heterocycles. The van der Waals surface area contributed by atoms with E-state index in [1.54, 1.807) is 18.2 Å². The van der Waals surface area contributed by atoms with E-state index in [-0.39, 0.29) is 23.0 Å². The third-order valence-corrected chi connectivity index (χ3v) is 6.83. The van der Waals surface area contributed by atoms with E-state index in [2.05, 4.69) is 5.32 Å². The summed E-state index contributed by atoms with van der Waals surface area (Å²) in [5.74, 6) is -0.215. The highest BCUT2D eigenvalue weighted by molar-refractivity contribution is 7.89. The number of amides is 1. The maximum atomic E-state index is 12.9. The van der Waals surface area contributed by atoms with Gasteiger partial charge in [-0.3, -0.25) is 4.79 Å². The van der Waals surface area contributed by atoms with Crippen molar-refractivity contribution in [3.63, 3.8) is 0 Å². The lowest BCUT2D eigenvalue weighted by atomic mass is 10.0. The SMILES string of the molecule is Cc1cccc(C(=O)Nc2ccc(S(=O)(=O)N3CC(C)OC(C)C3)cc2)c1C. The van der Waals surface area contributed by atoms with Crippen molar-refractivity contribution in [3.8, 4) is 0 Å². The molecule has 0 aliphatic carbocycles. The van der Waals surface area contributed by atoms with Crippen molar-refractivity contribution in [3.05, 3.63) is 59.2 Å². The maximum Gasteiger partial charge on any atom is 0.255 e. The molecule has 1 amide bonds. The van der Waals surface area contributed by atoms with E-state index in [9.17, 15) is 13.2 Å². The van der Waals surface area contributed by atoms with Gasteiger partial charge in [-0.05, 0) is 69.2 Å². The van der Waals surface area contributed by atoms with Gasteiger partial charge < -0.3 is 10.1 Å². The monoisotopic (exact) mass is 402 g/mol. The molecule has 6 nitrogen and oxygen atoms in total. The summed E-state index contributed by atoms with van der Waals surface area (Å²) in [6.07, 6.45) is -0.288. The first-order valence-electron chi connectivity index (χ1n) is 9.31. The van der Waals surface area contributed by atoms with Crippen LogP contribution in [0.3, 0.4) is 0 Å². The van der Waals surface area contributed by atoms with Crippen LogP contribution in [0.15, 0.2) is 47.4 Å². The molecule has 1 aliphatic heterocycles. The van der Waals surface area contributed by atoms with Crippen LogP contribution in [0.4, 0.5) is 5.69 Å². The first kappa shape index (κ1) is 20.5. The molecule has 1 heterocycles. The molecule has 28 heavy (non-hydrogen) atoms. The van der Waals surface area contributed by atoms with E-state index in [0.717, 1.165) is 11.1 Å². The first-order chi connectivity index (χ1) is 13.2. The predicted octanol–water partition coefficient (Wildman–Crippen LogP) is 3.35. The van der Waals surface area contributed by atoms with Crippen molar-refractivity contribution >= 4 is 21.6 Å². The second-order valence-corrected chi connectivity index (χ2v) is 9.24. The van der Waals surface area contributed by atoms with Crippen LogP contribution in [0.2, 0.25) is 0 Å². The number of sulfonamides is 1. The number of hydrogen-bond donors (Lipinski definition) is 1. The van der Waals surface area contributed by atoms with Gasteiger partial charge in [-0.25, -0.2) is 8.42 Å². The Morgan fingerprint density at radius 1 is 1.04 bits per heavy atom. The van der Waals surface area contributed by atoms with E-state index in [4.69, 9.17) is 4.74 Å². The van der Waals surface area contributed by atoms with Gasteiger partial charge in [-0.15, -0.1) is 0 Å². The van der Waals surface area contributed by atoms with Gasteiger partial charge in [0.1, 0.15) is 0 Å². The second-order valence-electron chi connectivity index (χ2n) is 7.31. The molecule has 0 spiro atoms. The largest absolute Gasteiger partial charge is 0.373 e. The number of nitrogens with one attached hydrogen (secondary N) is 1. The van der Waals surface area contributed by atoms with E-state index in [0.29, 0.717) is 24.3 Å². The van der Waals surface area contributed by atoms with Gasteiger partial charge in [-0.1, -0.05) is 12.1 Å². The second kappa shape index (κ2) is 8.03. The molecule has 150 valence electrons. The lowest BCUT2D eigenvalue weighted by molar-refractivity contribution is -0.0440. The van der Waals surface area contributed by atoms with Crippen LogP contribution in [-0.2, 0) is 14.8 Å². The van der Waals surface area contributed by atoms with Crippen molar-refractivity contribution < 1.29 is 17.9 Å². The predicted molar refractivity (Wildman–Crippen MR) is 109 cm³/mol. The molecule has 1 N–H and O–H groups in total. The van der Waals surface area contributed by atoms with E-state index < -0.39 is 10.0 Å². The summed E-state index contributed by atoms with van der Waals surface area (Å²) in [6.45, 7) is 8.26. The Morgan fingerprint density at radius 3 is 2.25 bits per heavy atom. The minimum absolute atomic E-state index is 0.144. The van der Waals surface area contributed by atoms with Gasteiger partial charge in [0.15, 0.2) is 0 Å². The number of rotatable bonds is 4. The summed E-state index contributed by atoms with van der Waals surface area (Å²) in [7, 11) is -3.60. The van der Waals surface area contributed by atoms with Crippen molar-refractivity contribution in [2.24, 2.45) is 0 Å². The van der Waals surface area contributed by atoms with Gasteiger partial charge in [0.2, 0.25) is 10.0 Å². The topological polar surface area (TPSA) is 75.7 Å². The van der Waals surface area contributed by atoms with Crippen LogP contribution >= 0.6 is 0 Å². The first-order valence-corrected chi connectivity index (χ1v) is 10.8. The van der Waals surface area contributed by atoms with Crippen LogP contribution in [0.1, 0.15) is 35.3 Å². The molecule has 0 radical (unpaired) electrons. The summed E-state index contributed by atoms with van der Waals surface area (Å²) in [4.78, 5) is 12.7. The van der Waals surface area contributed by atoms with Crippen molar-refractivity contribution in [1.29, 1.82) is 0 Å². The molecule has 0 saturated carbocycles. The zero-order chi connectivity index (χ0) is 20.5. The number of anilines is 1. The number of nitrogens with zero attached hydrogens (tertiary/aromatic N) is 1. The normalized spacial score (nSPS) is 20.7. The Kier molecular flexibility index (Phi) is 5.88. The molecule has 2 aromatic carbocycles. The molecule has 1 fully saturated rings. The van der Waals surface area contributed by atoms with Gasteiger partial charge in [-0.2, -0.15) is 4.31 Å². The fourth-order valence-electron chi connectivity index (χ4n) is 3.38. The lowest BCUT2D eigenvalue weighted by Gasteiger charge is -2.34. The summed E-state index contributed by atoms with van der Waals surface area (Å²) >= 11 is 0. The number of benzene rings is 2. The fraction of sp³-hybridized carbons (Fsp3) is 0.381. The lowest BCUT2D eigenvalue weighted by Crippen LogP contribution is -2.48. The third-order valence-electron chi connectivity index (χ3n) is 4.99. The number of ether oxygens (including phenoxy) is 1. The van der Waals surface area contributed by atoms with E-state index in [1.807, 2.05) is 39.8 Å². The minimum atomic E-state index is -3.60. The summed E-state index contributed by atoms with van der Waals surface area (Å²) in [6, 6.07) is 11.9. The Morgan fingerprint density at radius 2 is 1.64 bits per heavy atom. The molecular weight excluding hydrogens is 376 g/mol. The average Bonchev–Trinajstić information content (AvgIpc) is 2.63. The Labute approximate surface area is 166 Å². The molecule has 1 aliphatic rings. The van der Waals surface area contributed by atoms with Crippen LogP contribution < -0.4 is 5.32 Å². The van der Waals surface area contributed by atoms with Gasteiger partial charge >= 0.3 is 0 Å². The number of carbonyl (C=O) groups is 1. The Bertz CT molecular complexity index is 960. The smallest absolute Gasteiger partial charge is 0.255 e.